The van der Waals surface area contributed by atoms with Crippen LogP contribution in [0, 0.1) is 0 Å². The van der Waals surface area contributed by atoms with Gasteiger partial charge in [-0.05, 0) is 30.2 Å². The largest absolute Gasteiger partial charge is 0.383 e. The molecule has 0 spiro atoms. The van der Waals surface area contributed by atoms with Gasteiger partial charge in [0.1, 0.15) is 0 Å². The number of rotatable bonds is 9. The molecule has 0 bridgehead atoms. The zero-order valence-corrected chi connectivity index (χ0v) is 13.9. The van der Waals surface area contributed by atoms with Crippen LogP contribution in [0.3, 0.4) is 0 Å². The van der Waals surface area contributed by atoms with Crippen LogP contribution in [0.5, 0.6) is 0 Å². The molecule has 0 aliphatic rings. The van der Waals surface area contributed by atoms with Crippen LogP contribution >= 0.6 is 27.5 Å². The van der Waals surface area contributed by atoms with Crippen molar-refractivity contribution in [2.45, 2.75) is 12.8 Å². The fourth-order valence-corrected chi connectivity index (χ4v) is 2.30. The molecule has 0 atom stereocenters. The van der Waals surface area contributed by atoms with Crippen molar-refractivity contribution in [3.05, 3.63) is 33.3 Å². The SMILES string of the molecule is COCCNCCNC(=O)CCc1cc(Cl)ccc1Br. The van der Waals surface area contributed by atoms with Crippen molar-refractivity contribution in [3.63, 3.8) is 0 Å². The minimum atomic E-state index is 0.0467. The average Bonchev–Trinajstić information content (AvgIpc) is 2.43. The van der Waals surface area contributed by atoms with Gasteiger partial charge in [0.05, 0.1) is 6.61 Å². The third-order valence-electron chi connectivity index (χ3n) is 2.74. The fourth-order valence-electron chi connectivity index (χ4n) is 1.66. The molecule has 0 saturated heterocycles. The van der Waals surface area contributed by atoms with Crippen LogP contribution in [0.2, 0.25) is 5.02 Å². The lowest BCUT2D eigenvalue weighted by Crippen LogP contribution is -2.33. The number of benzene rings is 1. The second-order valence-electron chi connectivity index (χ2n) is 4.33. The Kier molecular flexibility index (Phi) is 8.85. The quantitative estimate of drug-likeness (QED) is 0.662. The fraction of sp³-hybridized carbons (Fsp3) is 0.500. The van der Waals surface area contributed by atoms with E-state index in [1.54, 1.807) is 7.11 Å². The summed E-state index contributed by atoms with van der Waals surface area (Å²) in [6.07, 6.45) is 1.13. The van der Waals surface area contributed by atoms with Gasteiger partial charge in [-0.2, -0.15) is 0 Å². The molecular formula is C14H20BrClN2O2. The van der Waals surface area contributed by atoms with Crippen molar-refractivity contribution in [2.24, 2.45) is 0 Å². The molecule has 1 rings (SSSR count). The maximum atomic E-state index is 11.7. The van der Waals surface area contributed by atoms with Crippen LogP contribution < -0.4 is 10.6 Å². The standard InChI is InChI=1S/C14H20BrClN2O2/c1-20-9-8-17-6-7-18-14(19)5-2-11-10-12(16)3-4-13(11)15/h3-4,10,17H,2,5-9H2,1H3,(H,18,19). The Bertz CT molecular complexity index is 430. The second kappa shape index (κ2) is 10.2. The smallest absolute Gasteiger partial charge is 0.220 e. The Labute approximate surface area is 133 Å². The number of aryl methyl sites for hydroxylation is 1. The Morgan fingerprint density at radius 1 is 1.35 bits per heavy atom. The van der Waals surface area contributed by atoms with Crippen molar-refractivity contribution in [1.29, 1.82) is 0 Å². The zero-order chi connectivity index (χ0) is 14.8. The van der Waals surface area contributed by atoms with Crippen molar-refractivity contribution >= 4 is 33.4 Å². The predicted octanol–water partition coefficient (Wildman–Crippen LogP) is 2.39. The number of amides is 1. The number of ether oxygens (including phenoxy) is 1. The number of nitrogens with one attached hydrogen (secondary N) is 2. The number of carbonyl (C=O) groups is 1. The molecule has 0 fully saturated rings. The van der Waals surface area contributed by atoms with Crippen LogP contribution in [0.4, 0.5) is 0 Å². The van der Waals surface area contributed by atoms with E-state index in [0.717, 1.165) is 23.1 Å². The molecule has 0 saturated carbocycles. The van der Waals surface area contributed by atoms with Gasteiger partial charge in [0.15, 0.2) is 0 Å². The summed E-state index contributed by atoms with van der Waals surface area (Å²) >= 11 is 9.39. The summed E-state index contributed by atoms with van der Waals surface area (Å²) < 4.78 is 5.90. The van der Waals surface area contributed by atoms with Crippen LogP contribution in [-0.4, -0.2) is 39.3 Å². The molecule has 2 N–H and O–H groups in total. The topological polar surface area (TPSA) is 50.4 Å². The molecule has 20 heavy (non-hydrogen) atoms. The molecule has 1 aromatic carbocycles. The van der Waals surface area contributed by atoms with E-state index in [1.165, 1.54) is 0 Å². The van der Waals surface area contributed by atoms with Crippen molar-refractivity contribution in [2.75, 3.05) is 33.4 Å². The lowest BCUT2D eigenvalue weighted by atomic mass is 10.1. The molecule has 0 aliphatic carbocycles. The maximum Gasteiger partial charge on any atom is 0.220 e. The first-order valence-electron chi connectivity index (χ1n) is 6.53. The number of hydrogen-bond donors (Lipinski definition) is 2. The van der Waals surface area contributed by atoms with Gasteiger partial charge in [0.25, 0.3) is 0 Å². The van der Waals surface area contributed by atoms with Gasteiger partial charge in [0, 0.05) is 42.7 Å². The highest BCUT2D eigenvalue weighted by Crippen LogP contribution is 2.22. The number of halogens is 2. The molecule has 4 nitrogen and oxygen atoms in total. The highest BCUT2D eigenvalue weighted by atomic mass is 79.9. The molecule has 0 heterocycles. The molecule has 0 unspecified atom stereocenters. The summed E-state index contributed by atoms with van der Waals surface area (Å²) in [6.45, 7) is 2.84. The monoisotopic (exact) mass is 362 g/mol. The Hall–Kier alpha value is -0.620. The maximum absolute atomic E-state index is 11.7. The molecular weight excluding hydrogens is 344 g/mol. The van der Waals surface area contributed by atoms with E-state index in [1.807, 2.05) is 18.2 Å². The summed E-state index contributed by atoms with van der Waals surface area (Å²) in [6, 6.07) is 5.60. The van der Waals surface area contributed by atoms with Crippen LogP contribution in [0.25, 0.3) is 0 Å². The molecule has 6 heteroatoms. The molecule has 1 amide bonds. The molecule has 0 radical (unpaired) electrons. The summed E-state index contributed by atoms with van der Waals surface area (Å²) in [7, 11) is 1.66. The Morgan fingerprint density at radius 2 is 2.15 bits per heavy atom. The highest BCUT2D eigenvalue weighted by Gasteiger charge is 2.05. The van der Waals surface area contributed by atoms with E-state index in [9.17, 15) is 4.79 Å². The molecule has 0 aliphatic heterocycles. The molecule has 1 aromatic rings. The Balaban J connectivity index is 2.18. The minimum absolute atomic E-state index is 0.0467. The summed E-state index contributed by atoms with van der Waals surface area (Å²) in [4.78, 5) is 11.7. The third kappa shape index (κ3) is 7.24. The summed E-state index contributed by atoms with van der Waals surface area (Å²) in [5.74, 6) is 0.0467. The first kappa shape index (κ1) is 17.4. The van der Waals surface area contributed by atoms with Crippen LogP contribution in [0.15, 0.2) is 22.7 Å². The molecule has 112 valence electrons. The summed E-state index contributed by atoms with van der Waals surface area (Å²) in [5.41, 5.74) is 1.05. The number of hydrogen-bond acceptors (Lipinski definition) is 3. The second-order valence-corrected chi connectivity index (χ2v) is 5.62. The minimum Gasteiger partial charge on any atom is -0.383 e. The zero-order valence-electron chi connectivity index (χ0n) is 11.5. The first-order valence-corrected chi connectivity index (χ1v) is 7.71. The van der Waals surface area contributed by atoms with Crippen molar-refractivity contribution in [1.82, 2.24) is 10.6 Å². The van der Waals surface area contributed by atoms with E-state index < -0.39 is 0 Å². The van der Waals surface area contributed by atoms with E-state index >= 15 is 0 Å². The van der Waals surface area contributed by atoms with Gasteiger partial charge in [-0.25, -0.2) is 0 Å². The highest BCUT2D eigenvalue weighted by molar-refractivity contribution is 9.10. The van der Waals surface area contributed by atoms with Crippen LogP contribution in [-0.2, 0) is 16.0 Å². The third-order valence-corrected chi connectivity index (χ3v) is 3.74. The first-order chi connectivity index (χ1) is 9.63. The van der Waals surface area contributed by atoms with E-state index in [4.69, 9.17) is 16.3 Å². The lowest BCUT2D eigenvalue weighted by molar-refractivity contribution is -0.121. The predicted molar refractivity (Wildman–Crippen MR) is 85.2 cm³/mol. The van der Waals surface area contributed by atoms with E-state index in [2.05, 4.69) is 26.6 Å². The van der Waals surface area contributed by atoms with E-state index in [-0.39, 0.29) is 5.91 Å². The van der Waals surface area contributed by atoms with Gasteiger partial charge >= 0.3 is 0 Å². The van der Waals surface area contributed by atoms with Gasteiger partial charge in [-0.15, -0.1) is 0 Å². The number of methoxy groups -OCH3 is 1. The van der Waals surface area contributed by atoms with Gasteiger partial charge < -0.3 is 15.4 Å². The lowest BCUT2D eigenvalue weighted by Gasteiger charge is -2.08. The summed E-state index contributed by atoms with van der Waals surface area (Å²) in [5, 5.41) is 6.73. The van der Waals surface area contributed by atoms with E-state index in [0.29, 0.717) is 31.0 Å². The van der Waals surface area contributed by atoms with Crippen molar-refractivity contribution in [3.8, 4) is 0 Å². The van der Waals surface area contributed by atoms with Gasteiger partial charge in [-0.3, -0.25) is 4.79 Å². The van der Waals surface area contributed by atoms with Crippen molar-refractivity contribution < 1.29 is 9.53 Å². The molecule has 0 aromatic heterocycles. The Morgan fingerprint density at radius 3 is 2.90 bits per heavy atom. The van der Waals surface area contributed by atoms with Gasteiger partial charge in [-0.1, -0.05) is 27.5 Å². The number of carbonyl (C=O) groups excluding carboxylic acids is 1. The van der Waals surface area contributed by atoms with Gasteiger partial charge in [0.2, 0.25) is 5.91 Å². The average molecular weight is 364 g/mol. The normalized spacial score (nSPS) is 10.6. The van der Waals surface area contributed by atoms with Crippen LogP contribution in [0.1, 0.15) is 12.0 Å².